The minimum absolute atomic E-state index is 0.114. The van der Waals surface area contributed by atoms with Crippen LogP contribution in [0.4, 0.5) is 0 Å². The molecule has 1 atom stereocenters. The van der Waals surface area contributed by atoms with E-state index < -0.39 is 9.84 Å². The second-order valence-electron chi connectivity index (χ2n) is 4.20. The van der Waals surface area contributed by atoms with Gasteiger partial charge in [0.1, 0.15) is 0 Å². The van der Waals surface area contributed by atoms with Crippen LogP contribution < -0.4 is 0 Å². The molecule has 0 amide bonds. The first kappa shape index (κ1) is 11.3. The third kappa shape index (κ3) is 1.77. The molecule has 0 aliphatic carbocycles. The van der Waals surface area contributed by atoms with E-state index in [1.54, 1.807) is 18.5 Å². The number of carbonyl (C=O) groups excluding carboxylic acids is 1. The second kappa shape index (κ2) is 3.69. The number of nitrogens with zero attached hydrogens (tertiary/aromatic N) is 2. The summed E-state index contributed by atoms with van der Waals surface area (Å²) in [6.45, 7) is 3.56. The Labute approximate surface area is 94.4 Å². The lowest BCUT2D eigenvalue weighted by molar-refractivity contribution is 0.112. The molecule has 1 fully saturated rings. The normalized spacial score (nSPS) is 23.5. The zero-order valence-electron chi connectivity index (χ0n) is 9.30. The quantitative estimate of drug-likeness (QED) is 0.715. The van der Waals surface area contributed by atoms with E-state index in [1.165, 1.54) is 0 Å². The third-order valence-corrected chi connectivity index (χ3v) is 4.80. The van der Waals surface area contributed by atoms with E-state index in [0.717, 1.165) is 12.0 Å². The molecule has 1 aliphatic rings. The summed E-state index contributed by atoms with van der Waals surface area (Å²) in [5.41, 5.74) is 2.00. The van der Waals surface area contributed by atoms with Crippen molar-refractivity contribution >= 4 is 16.1 Å². The Morgan fingerprint density at radius 1 is 1.44 bits per heavy atom. The lowest BCUT2D eigenvalue weighted by Crippen LogP contribution is -2.14. The summed E-state index contributed by atoms with van der Waals surface area (Å²) >= 11 is 0. The molecule has 1 saturated heterocycles. The summed E-state index contributed by atoms with van der Waals surface area (Å²) in [4.78, 5) is 10.8. The molecular weight excluding hydrogens is 228 g/mol. The molecule has 0 radical (unpaired) electrons. The van der Waals surface area contributed by atoms with Crippen molar-refractivity contribution in [2.24, 2.45) is 0 Å². The van der Waals surface area contributed by atoms with Crippen molar-refractivity contribution in [3.05, 3.63) is 17.0 Å². The Kier molecular flexibility index (Phi) is 2.61. The molecule has 1 aliphatic heterocycles. The molecule has 0 unspecified atom stereocenters. The lowest BCUT2D eigenvalue weighted by atomic mass is 10.2. The number of aldehydes is 1. The summed E-state index contributed by atoms with van der Waals surface area (Å²) in [6, 6.07) is -0.114. The van der Waals surface area contributed by atoms with Crippen LogP contribution >= 0.6 is 0 Å². The van der Waals surface area contributed by atoms with Crippen LogP contribution in [0.15, 0.2) is 0 Å². The predicted octanol–water partition coefficient (Wildman–Crippen LogP) is 0.672. The lowest BCUT2D eigenvalue weighted by Gasteiger charge is -2.10. The zero-order valence-corrected chi connectivity index (χ0v) is 10.1. The molecule has 0 N–H and O–H groups in total. The largest absolute Gasteiger partial charge is 0.298 e. The highest BCUT2D eigenvalue weighted by molar-refractivity contribution is 7.91. The molecule has 88 valence electrons. The third-order valence-electron chi connectivity index (χ3n) is 3.05. The van der Waals surface area contributed by atoms with Crippen molar-refractivity contribution in [3.8, 4) is 0 Å². The Morgan fingerprint density at radius 3 is 2.56 bits per heavy atom. The summed E-state index contributed by atoms with van der Waals surface area (Å²) in [7, 11) is -2.92. The van der Waals surface area contributed by atoms with Gasteiger partial charge in [0.05, 0.1) is 28.8 Å². The van der Waals surface area contributed by atoms with Crippen LogP contribution in [0, 0.1) is 13.8 Å². The van der Waals surface area contributed by atoms with Crippen molar-refractivity contribution in [2.45, 2.75) is 26.3 Å². The minimum atomic E-state index is -2.92. The van der Waals surface area contributed by atoms with Gasteiger partial charge in [0.25, 0.3) is 0 Å². The van der Waals surface area contributed by atoms with Crippen LogP contribution in [-0.2, 0) is 9.84 Å². The van der Waals surface area contributed by atoms with Gasteiger partial charge in [0, 0.05) is 5.69 Å². The van der Waals surface area contributed by atoms with Gasteiger partial charge in [0.15, 0.2) is 16.1 Å². The van der Waals surface area contributed by atoms with E-state index in [1.807, 2.05) is 0 Å². The summed E-state index contributed by atoms with van der Waals surface area (Å²) < 4.78 is 24.4. The van der Waals surface area contributed by atoms with Gasteiger partial charge >= 0.3 is 0 Å². The van der Waals surface area contributed by atoms with Crippen LogP contribution in [0.25, 0.3) is 0 Å². The Bertz CT molecular complexity index is 531. The van der Waals surface area contributed by atoms with Crippen molar-refractivity contribution in [1.82, 2.24) is 9.78 Å². The van der Waals surface area contributed by atoms with Crippen molar-refractivity contribution in [1.29, 1.82) is 0 Å². The molecule has 1 aromatic rings. The SMILES string of the molecule is Cc1nn([C@@H]2CCS(=O)(=O)C2)c(C)c1C=O. The van der Waals surface area contributed by atoms with E-state index in [0.29, 0.717) is 17.7 Å². The molecule has 5 nitrogen and oxygen atoms in total. The molecule has 2 heterocycles. The Balaban J connectivity index is 2.39. The van der Waals surface area contributed by atoms with Crippen molar-refractivity contribution in [2.75, 3.05) is 11.5 Å². The fraction of sp³-hybridized carbons (Fsp3) is 0.600. The van der Waals surface area contributed by atoms with Gasteiger partial charge in [-0.15, -0.1) is 0 Å². The minimum Gasteiger partial charge on any atom is -0.298 e. The van der Waals surface area contributed by atoms with Gasteiger partial charge in [-0.25, -0.2) is 8.42 Å². The topological polar surface area (TPSA) is 69.0 Å². The molecule has 0 bridgehead atoms. The molecular formula is C10H14N2O3S. The van der Waals surface area contributed by atoms with E-state index in [-0.39, 0.29) is 17.5 Å². The fourth-order valence-electron chi connectivity index (χ4n) is 2.17. The number of sulfone groups is 1. The van der Waals surface area contributed by atoms with Crippen LogP contribution in [0.2, 0.25) is 0 Å². The zero-order chi connectivity index (χ0) is 11.9. The first-order valence-electron chi connectivity index (χ1n) is 5.16. The van der Waals surface area contributed by atoms with Gasteiger partial charge < -0.3 is 0 Å². The number of rotatable bonds is 2. The van der Waals surface area contributed by atoms with E-state index >= 15 is 0 Å². The molecule has 1 aromatic heterocycles. The number of carbonyl (C=O) groups is 1. The van der Waals surface area contributed by atoms with Gasteiger partial charge in [0.2, 0.25) is 0 Å². The molecule has 0 saturated carbocycles. The van der Waals surface area contributed by atoms with Crippen LogP contribution in [-0.4, -0.2) is 36.0 Å². The highest BCUT2D eigenvalue weighted by Gasteiger charge is 2.31. The van der Waals surface area contributed by atoms with E-state index in [2.05, 4.69) is 5.10 Å². The van der Waals surface area contributed by atoms with Crippen LogP contribution in [0.5, 0.6) is 0 Å². The predicted molar refractivity (Wildman–Crippen MR) is 59.4 cm³/mol. The standard InChI is InChI=1S/C10H14N2O3S/c1-7-10(5-13)8(2)12(11-7)9-3-4-16(14,15)6-9/h5,9H,3-4,6H2,1-2H3/t9-/m1/s1. The molecule has 0 spiro atoms. The number of aryl methyl sites for hydroxylation is 1. The number of aromatic nitrogens is 2. The van der Waals surface area contributed by atoms with E-state index in [4.69, 9.17) is 0 Å². The van der Waals surface area contributed by atoms with Crippen molar-refractivity contribution in [3.63, 3.8) is 0 Å². The maximum atomic E-state index is 11.4. The average Bonchev–Trinajstić information content (AvgIpc) is 2.68. The molecule has 6 heteroatoms. The average molecular weight is 242 g/mol. The molecule has 2 rings (SSSR count). The summed E-state index contributed by atoms with van der Waals surface area (Å²) in [6.07, 6.45) is 1.36. The van der Waals surface area contributed by atoms with Crippen LogP contribution in [0.3, 0.4) is 0 Å². The maximum Gasteiger partial charge on any atom is 0.153 e. The summed E-state index contributed by atoms with van der Waals surface area (Å²) in [5, 5.41) is 4.25. The molecule has 16 heavy (non-hydrogen) atoms. The first-order valence-corrected chi connectivity index (χ1v) is 6.98. The van der Waals surface area contributed by atoms with E-state index in [9.17, 15) is 13.2 Å². The van der Waals surface area contributed by atoms with Gasteiger partial charge in [-0.2, -0.15) is 5.10 Å². The second-order valence-corrected chi connectivity index (χ2v) is 6.43. The Hall–Kier alpha value is -1.17. The maximum absolute atomic E-state index is 11.4. The first-order chi connectivity index (χ1) is 7.44. The van der Waals surface area contributed by atoms with Gasteiger partial charge in [-0.05, 0) is 20.3 Å². The van der Waals surface area contributed by atoms with Gasteiger partial charge in [-0.3, -0.25) is 9.48 Å². The summed E-state index contributed by atoms with van der Waals surface area (Å²) in [5.74, 6) is 0.347. The fourth-order valence-corrected chi connectivity index (χ4v) is 3.86. The van der Waals surface area contributed by atoms with Crippen LogP contribution in [0.1, 0.15) is 34.2 Å². The molecule has 0 aromatic carbocycles. The monoisotopic (exact) mass is 242 g/mol. The van der Waals surface area contributed by atoms with Gasteiger partial charge in [-0.1, -0.05) is 0 Å². The smallest absolute Gasteiger partial charge is 0.153 e. The highest BCUT2D eigenvalue weighted by Crippen LogP contribution is 2.26. The number of hydrogen-bond donors (Lipinski definition) is 0. The Morgan fingerprint density at radius 2 is 2.12 bits per heavy atom. The van der Waals surface area contributed by atoms with Crippen molar-refractivity contribution < 1.29 is 13.2 Å². The highest BCUT2D eigenvalue weighted by atomic mass is 32.2. The number of hydrogen-bond acceptors (Lipinski definition) is 4.